The van der Waals surface area contributed by atoms with Crippen LogP contribution >= 0.6 is 0 Å². The molecule has 2 N–H and O–H groups in total. The first kappa shape index (κ1) is 16.2. The Labute approximate surface area is 129 Å². The summed E-state index contributed by atoms with van der Waals surface area (Å²) in [5.41, 5.74) is 8.21. The first-order valence-electron chi connectivity index (χ1n) is 7.94. The zero-order valence-corrected chi connectivity index (χ0v) is 14.2. The first-order chi connectivity index (χ1) is 9.81. The molecule has 1 saturated heterocycles. The van der Waals surface area contributed by atoms with Crippen molar-refractivity contribution in [3.63, 3.8) is 0 Å². The number of pyridine rings is 1. The van der Waals surface area contributed by atoms with Gasteiger partial charge in [0.05, 0.1) is 0 Å². The summed E-state index contributed by atoms with van der Waals surface area (Å²) in [6.07, 6.45) is 2.49. The molecule has 21 heavy (non-hydrogen) atoms. The summed E-state index contributed by atoms with van der Waals surface area (Å²) in [6.45, 7) is 9.48. The lowest BCUT2D eigenvalue weighted by molar-refractivity contribution is 0.247. The van der Waals surface area contributed by atoms with Crippen molar-refractivity contribution in [2.45, 2.75) is 51.6 Å². The molecule has 0 aromatic carbocycles. The molecule has 4 heteroatoms. The van der Waals surface area contributed by atoms with Gasteiger partial charge in [0.25, 0.3) is 0 Å². The molecule has 0 amide bonds. The maximum atomic E-state index is 5.88. The molecule has 0 aliphatic carbocycles. The van der Waals surface area contributed by atoms with Crippen molar-refractivity contribution < 1.29 is 0 Å². The molecule has 0 saturated carbocycles. The van der Waals surface area contributed by atoms with Gasteiger partial charge in [-0.2, -0.15) is 0 Å². The van der Waals surface area contributed by atoms with E-state index in [-0.39, 0.29) is 5.41 Å². The van der Waals surface area contributed by atoms with E-state index in [0.717, 1.165) is 18.1 Å². The van der Waals surface area contributed by atoms with Gasteiger partial charge >= 0.3 is 0 Å². The van der Waals surface area contributed by atoms with Crippen LogP contribution in [0.15, 0.2) is 12.1 Å². The number of aromatic nitrogens is 1. The van der Waals surface area contributed by atoms with Crippen LogP contribution in [0.2, 0.25) is 0 Å². The number of anilines is 1. The zero-order valence-electron chi connectivity index (χ0n) is 14.2. The van der Waals surface area contributed by atoms with Crippen molar-refractivity contribution in [2.75, 3.05) is 32.1 Å². The van der Waals surface area contributed by atoms with Gasteiger partial charge in [0.1, 0.15) is 5.82 Å². The Hall–Kier alpha value is -1.13. The van der Waals surface area contributed by atoms with Gasteiger partial charge in [0, 0.05) is 37.3 Å². The molecule has 0 bridgehead atoms. The van der Waals surface area contributed by atoms with Crippen molar-refractivity contribution >= 4 is 5.82 Å². The molecule has 1 unspecified atom stereocenters. The van der Waals surface area contributed by atoms with E-state index in [9.17, 15) is 0 Å². The van der Waals surface area contributed by atoms with Gasteiger partial charge in [-0.15, -0.1) is 0 Å². The molecule has 1 aromatic heterocycles. The van der Waals surface area contributed by atoms with Crippen LogP contribution in [0.5, 0.6) is 0 Å². The minimum absolute atomic E-state index is 0.0458. The minimum Gasteiger partial charge on any atom is -0.355 e. The summed E-state index contributed by atoms with van der Waals surface area (Å²) in [4.78, 5) is 9.65. The van der Waals surface area contributed by atoms with Crippen LogP contribution in [0.1, 0.15) is 44.9 Å². The third kappa shape index (κ3) is 3.95. The molecule has 1 atom stereocenters. The van der Waals surface area contributed by atoms with Crippen molar-refractivity contribution in [3.05, 3.63) is 23.4 Å². The highest BCUT2D eigenvalue weighted by Gasteiger charge is 2.24. The van der Waals surface area contributed by atoms with Crippen LogP contribution < -0.4 is 10.6 Å². The molecule has 4 nitrogen and oxygen atoms in total. The second-order valence-electron chi connectivity index (χ2n) is 7.34. The highest BCUT2D eigenvalue weighted by molar-refractivity contribution is 5.44. The molecule has 0 spiro atoms. The molecule has 1 aromatic rings. The van der Waals surface area contributed by atoms with Gasteiger partial charge in [0.2, 0.25) is 0 Å². The lowest BCUT2D eigenvalue weighted by Gasteiger charge is -2.37. The summed E-state index contributed by atoms with van der Waals surface area (Å²) in [5.74, 6) is 1.06. The summed E-state index contributed by atoms with van der Waals surface area (Å²) in [5, 5.41) is 0. The Morgan fingerprint density at radius 1 is 1.38 bits per heavy atom. The lowest BCUT2D eigenvalue weighted by atomic mass is 9.90. The number of likely N-dealkylation sites (N-methyl/N-ethyl adjacent to an activating group) is 2. The Morgan fingerprint density at radius 3 is 2.67 bits per heavy atom. The van der Waals surface area contributed by atoms with Crippen LogP contribution in [-0.2, 0) is 12.0 Å². The van der Waals surface area contributed by atoms with Gasteiger partial charge in [0.15, 0.2) is 0 Å². The van der Waals surface area contributed by atoms with Crippen LogP contribution in [0.4, 0.5) is 5.82 Å². The average molecular weight is 290 g/mol. The fourth-order valence-corrected chi connectivity index (χ4v) is 2.90. The summed E-state index contributed by atoms with van der Waals surface area (Å²) < 4.78 is 0. The van der Waals surface area contributed by atoms with Crippen molar-refractivity contribution in [1.82, 2.24) is 9.88 Å². The topological polar surface area (TPSA) is 45.4 Å². The van der Waals surface area contributed by atoms with E-state index in [2.05, 4.69) is 56.8 Å². The smallest absolute Gasteiger partial charge is 0.129 e. The number of hydrogen-bond donors (Lipinski definition) is 1. The van der Waals surface area contributed by atoms with Crippen molar-refractivity contribution in [2.24, 2.45) is 5.73 Å². The number of piperidine rings is 1. The number of rotatable bonds is 3. The molecule has 2 rings (SSSR count). The van der Waals surface area contributed by atoms with Gasteiger partial charge < -0.3 is 15.5 Å². The van der Waals surface area contributed by atoms with Crippen molar-refractivity contribution in [3.8, 4) is 0 Å². The van der Waals surface area contributed by atoms with E-state index < -0.39 is 0 Å². The van der Waals surface area contributed by atoms with Crippen LogP contribution in [0, 0.1) is 0 Å². The van der Waals surface area contributed by atoms with Crippen LogP contribution in [-0.4, -0.2) is 43.1 Å². The van der Waals surface area contributed by atoms with E-state index >= 15 is 0 Å². The predicted molar refractivity (Wildman–Crippen MR) is 89.8 cm³/mol. The summed E-state index contributed by atoms with van der Waals surface area (Å²) in [7, 11) is 4.36. The molecule has 1 aliphatic heterocycles. The maximum absolute atomic E-state index is 5.88. The van der Waals surface area contributed by atoms with Gasteiger partial charge in [-0.05, 0) is 44.1 Å². The number of nitrogens with two attached hydrogens (primary N) is 1. The predicted octanol–water partition coefficient (Wildman–Crippen LogP) is 2.37. The fourth-order valence-electron chi connectivity index (χ4n) is 2.90. The Bertz CT molecular complexity index is 478. The zero-order chi connectivity index (χ0) is 15.6. The third-order valence-electron chi connectivity index (χ3n) is 4.38. The first-order valence-corrected chi connectivity index (χ1v) is 7.94. The molecule has 1 fully saturated rings. The normalized spacial score (nSPS) is 20.6. The standard InChI is InChI=1S/C17H30N4/c1-17(2,3)15-9-13(11-18)10-16(19-15)21(5)14-7-6-8-20(4)12-14/h9-10,14H,6-8,11-12,18H2,1-5H3. The fraction of sp³-hybridized carbons (Fsp3) is 0.706. The Balaban J connectivity index is 2.29. The molecular formula is C17H30N4. The average Bonchev–Trinajstić information content (AvgIpc) is 2.45. The maximum Gasteiger partial charge on any atom is 0.129 e. The molecule has 0 radical (unpaired) electrons. The molecule has 2 heterocycles. The molecule has 118 valence electrons. The van der Waals surface area contributed by atoms with E-state index in [1.807, 2.05) is 0 Å². The van der Waals surface area contributed by atoms with E-state index in [1.54, 1.807) is 0 Å². The van der Waals surface area contributed by atoms with Crippen LogP contribution in [0.3, 0.4) is 0 Å². The lowest BCUT2D eigenvalue weighted by Crippen LogP contribution is -2.45. The summed E-state index contributed by atoms with van der Waals surface area (Å²) in [6, 6.07) is 4.82. The largest absolute Gasteiger partial charge is 0.355 e. The monoisotopic (exact) mass is 290 g/mol. The van der Waals surface area contributed by atoms with E-state index in [1.165, 1.54) is 24.9 Å². The van der Waals surface area contributed by atoms with Crippen LogP contribution in [0.25, 0.3) is 0 Å². The number of nitrogens with zero attached hydrogens (tertiary/aromatic N) is 3. The van der Waals surface area contributed by atoms with Gasteiger partial charge in [-0.3, -0.25) is 0 Å². The SMILES string of the molecule is CN1CCCC(N(C)c2cc(CN)cc(C(C)(C)C)n2)C1. The van der Waals surface area contributed by atoms with Crippen molar-refractivity contribution in [1.29, 1.82) is 0 Å². The minimum atomic E-state index is 0.0458. The molecular weight excluding hydrogens is 260 g/mol. The highest BCUT2D eigenvalue weighted by atomic mass is 15.2. The second kappa shape index (κ2) is 6.32. The van der Waals surface area contributed by atoms with Gasteiger partial charge in [-0.1, -0.05) is 20.8 Å². The Morgan fingerprint density at radius 2 is 2.10 bits per heavy atom. The summed E-state index contributed by atoms with van der Waals surface area (Å²) >= 11 is 0. The highest BCUT2D eigenvalue weighted by Crippen LogP contribution is 2.26. The van der Waals surface area contributed by atoms with E-state index in [0.29, 0.717) is 12.6 Å². The third-order valence-corrected chi connectivity index (χ3v) is 4.38. The Kier molecular flexibility index (Phi) is 4.89. The van der Waals surface area contributed by atoms with Gasteiger partial charge in [-0.25, -0.2) is 4.98 Å². The quantitative estimate of drug-likeness (QED) is 0.928. The van der Waals surface area contributed by atoms with E-state index in [4.69, 9.17) is 10.7 Å². The number of likely N-dealkylation sites (tertiary alicyclic amines) is 1. The number of hydrogen-bond acceptors (Lipinski definition) is 4. The second-order valence-corrected chi connectivity index (χ2v) is 7.34. The molecule has 1 aliphatic rings.